The Morgan fingerprint density at radius 1 is 0.263 bits per heavy atom. The van der Waals surface area contributed by atoms with Gasteiger partial charge in [-0.1, -0.05) is 303 Å². The van der Waals surface area contributed by atoms with E-state index in [1.54, 1.807) is 0 Å². The van der Waals surface area contributed by atoms with E-state index in [4.69, 9.17) is 14.2 Å². The van der Waals surface area contributed by atoms with E-state index in [9.17, 15) is 14.4 Å². The molecule has 0 spiro atoms. The molecule has 6 heteroatoms. The lowest BCUT2D eigenvalue weighted by Gasteiger charge is -2.18. The van der Waals surface area contributed by atoms with Crippen molar-refractivity contribution in [1.29, 1.82) is 0 Å². The van der Waals surface area contributed by atoms with Crippen LogP contribution in [-0.2, 0) is 28.6 Å². The molecule has 0 aliphatic rings. The van der Waals surface area contributed by atoms with Crippen LogP contribution in [0.15, 0.2) is 122 Å². The Balaban J connectivity index is 4.50. The minimum absolute atomic E-state index is 0.103. The molecular formula is C74H124O6. The molecule has 0 fully saturated rings. The molecule has 0 heterocycles. The molecule has 456 valence electrons. The summed E-state index contributed by atoms with van der Waals surface area (Å²) in [5.74, 6) is -0.966. The summed E-state index contributed by atoms with van der Waals surface area (Å²) < 4.78 is 16.9. The summed E-state index contributed by atoms with van der Waals surface area (Å²) in [5, 5.41) is 0. The molecule has 0 saturated carbocycles. The zero-order chi connectivity index (χ0) is 57.8. The Kier molecular flexibility index (Phi) is 63.8. The van der Waals surface area contributed by atoms with Crippen molar-refractivity contribution in [2.24, 2.45) is 0 Å². The van der Waals surface area contributed by atoms with Gasteiger partial charge in [-0.2, -0.15) is 0 Å². The fourth-order valence-corrected chi connectivity index (χ4v) is 9.21. The van der Waals surface area contributed by atoms with Gasteiger partial charge >= 0.3 is 17.9 Å². The zero-order valence-electron chi connectivity index (χ0n) is 52.3. The third kappa shape index (κ3) is 64.6. The number of hydrogen-bond acceptors (Lipinski definition) is 6. The molecule has 0 aliphatic carbocycles. The van der Waals surface area contributed by atoms with Gasteiger partial charge in [0, 0.05) is 19.3 Å². The third-order valence-electron chi connectivity index (χ3n) is 14.2. The van der Waals surface area contributed by atoms with Crippen LogP contribution in [-0.4, -0.2) is 37.2 Å². The standard InChI is InChI=1S/C74H124O6/c1-4-7-10-13-16-19-22-25-28-31-34-36-37-38-41-43-46-49-52-55-58-61-64-67-73(76)79-70-71(69-78-72(75)66-63-60-57-54-51-48-45-42-39-33-30-27-24-21-18-15-12-9-6-3)80-74(77)68-65-62-59-56-53-50-47-44-40-35-32-29-26-23-20-17-14-11-8-5-2/h7,10,16,18-19,21,25,27-28,30,34,36,38-39,41-42,46,49,55,58,71H,4-6,8-9,11-15,17,20,22-24,26,29,31-33,35,37,40,43-45,47-48,50-54,56-57,59-70H2,1-3H3/b10-7-,19-16-,21-18-,28-25-,30-27-,36-34-,41-38-,42-39-,49-46-,58-55-. The third-order valence-corrected chi connectivity index (χ3v) is 14.2. The monoisotopic (exact) mass is 1110 g/mol. The van der Waals surface area contributed by atoms with E-state index < -0.39 is 6.10 Å². The molecule has 0 amide bonds. The molecule has 0 aromatic rings. The van der Waals surface area contributed by atoms with Crippen molar-refractivity contribution in [3.8, 4) is 0 Å². The molecule has 0 aromatic heterocycles. The largest absolute Gasteiger partial charge is 0.462 e. The first-order chi connectivity index (χ1) is 39.5. The SMILES string of the molecule is CC/C=C\C/C=C\C/C=C\C/C=C\C/C=C\C/C=C\C/C=C\CCCC(=O)OCC(COC(=O)CCCCCCCC/C=C\C/C=C\C/C=C\CCCCC)OC(=O)CCCCCCCCCCCCCCCCCCCCCC. The van der Waals surface area contributed by atoms with Crippen molar-refractivity contribution in [2.75, 3.05) is 13.2 Å². The lowest BCUT2D eigenvalue weighted by Crippen LogP contribution is -2.30. The normalized spacial score (nSPS) is 12.9. The minimum Gasteiger partial charge on any atom is -0.462 e. The van der Waals surface area contributed by atoms with Gasteiger partial charge in [-0.25, -0.2) is 0 Å². The fourth-order valence-electron chi connectivity index (χ4n) is 9.21. The van der Waals surface area contributed by atoms with Crippen molar-refractivity contribution in [1.82, 2.24) is 0 Å². The van der Waals surface area contributed by atoms with Crippen molar-refractivity contribution < 1.29 is 28.6 Å². The van der Waals surface area contributed by atoms with Gasteiger partial charge in [0.25, 0.3) is 0 Å². The van der Waals surface area contributed by atoms with E-state index in [0.717, 1.165) is 116 Å². The Bertz CT molecular complexity index is 1650. The van der Waals surface area contributed by atoms with Crippen LogP contribution in [0.3, 0.4) is 0 Å². The number of carbonyl (C=O) groups is 3. The second-order valence-electron chi connectivity index (χ2n) is 22.0. The smallest absolute Gasteiger partial charge is 0.306 e. The highest BCUT2D eigenvalue weighted by atomic mass is 16.6. The van der Waals surface area contributed by atoms with Crippen LogP contribution in [0.4, 0.5) is 0 Å². The van der Waals surface area contributed by atoms with E-state index in [0.29, 0.717) is 19.3 Å². The number of ether oxygens (including phenoxy) is 3. The van der Waals surface area contributed by atoms with Crippen molar-refractivity contribution in [3.63, 3.8) is 0 Å². The van der Waals surface area contributed by atoms with Crippen LogP contribution in [0.5, 0.6) is 0 Å². The lowest BCUT2D eigenvalue weighted by molar-refractivity contribution is -0.167. The molecule has 1 atom stereocenters. The molecule has 0 aromatic carbocycles. The maximum absolute atomic E-state index is 12.9. The van der Waals surface area contributed by atoms with Crippen LogP contribution in [0.25, 0.3) is 0 Å². The van der Waals surface area contributed by atoms with Crippen LogP contribution in [0.2, 0.25) is 0 Å². The summed E-state index contributed by atoms with van der Waals surface area (Å²) in [5.41, 5.74) is 0. The van der Waals surface area contributed by atoms with Crippen LogP contribution >= 0.6 is 0 Å². The summed E-state index contributed by atoms with van der Waals surface area (Å²) >= 11 is 0. The number of esters is 3. The molecule has 0 N–H and O–H groups in total. The number of carbonyl (C=O) groups excluding carboxylic acids is 3. The molecule has 0 rings (SSSR count). The minimum atomic E-state index is -0.811. The second kappa shape index (κ2) is 67.3. The number of hydrogen-bond donors (Lipinski definition) is 0. The molecule has 0 bridgehead atoms. The van der Waals surface area contributed by atoms with E-state index >= 15 is 0 Å². The van der Waals surface area contributed by atoms with E-state index in [2.05, 4.69) is 142 Å². The average Bonchev–Trinajstić information content (AvgIpc) is 3.46. The summed E-state index contributed by atoms with van der Waals surface area (Å²) in [6, 6.07) is 0. The first kappa shape index (κ1) is 75.8. The quantitative estimate of drug-likeness (QED) is 0.0261. The van der Waals surface area contributed by atoms with Gasteiger partial charge in [0.2, 0.25) is 0 Å². The van der Waals surface area contributed by atoms with Gasteiger partial charge in [-0.3, -0.25) is 14.4 Å². The maximum atomic E-state index is 12.9. The predicted molar refractivity (Wildman–Crippen MR) is 348 cm³/mol. The average molecular weight is 1110 g/mol. The molecule has 0 aliphatic heterocycles. The molecule has 0 saturated heterocycles. The van der Waals surface area contributed by atoms with E-state index in [1.807, 2.05) is 0 Å². The highest BCUT2D eigenvalue weighted by Crippen LogP contribution is 2.17. The Labute approximate surface area is 494 Å². The van der Waals surface area contributed by atoms with Crippen molar-refractivity contribution >= 4 is 17.9 Å². The Morgan fingerprint density at radius 3 is 0.838 bits per heavy atom. The molecule has 80 heavy (non-hydrogen) atoms. The van der Waals surface area contributed by atoms with Crippen LogP contribution in [0.1, 0.15) is 310 Å². The van der Waals surface area contributed by atoms with Gasteiger partial charge in [0.15, 0.2) is 6.10 Å². The van der Waals surface area contributed by atoms with Gasteiger partial charge in [0.1, 0.15) is 13.2 Å². The summed E-state index contributed by atoms with van der Waals surface area (Å²) in [4.78, 5) is 38.4. The van der Waals surface area contributed by atoms with Gasteiger partial charge in [-0.15, -0.1) is 0 Å². The van der Waals surface area contributed by atoms with Crippen LogP contribution in [0, 0.1) is 0 Å². The van der Waals surface area contributed by atoms with Gasteiger partial charge in [0.05, 0.1) is 0 Å². The summed E-state index contributed by atoms with van der Waals surface area (Å²) in [7, 11) is 0. The van der Waals surface area contributed by atoms with Crippen LogP contribution < -0.4 is 0 Å². The van der Waals surface area contributed by atoms with Gasteiger partial charge in [-0.05, 0) is 109 Å². The summed E-state index contributed by atoms with van der Waals surface area (Å²) in [6.07, 6.45) is 93.5. The molecule has 1 unspecified atom stereocenters. The number of unbranched alkanes of at least 4 members (excludes halogenated alkanes) is 29. The maximum Gasteiger partial charge on any atom is 0.306 e. The topological polar surface area (TPSA) is 78.9 Å². The summed E-state index contributed by atoms with van der Waals surface area (Å²) in [6.45, 7) is 6.47. The lowest BCUT2D eigenvalue weighted by atomic mass is 10.0. The Morgan fingerprint density at radius 2 is 0.500 bits per heavy atom. The second-order valence-corrected chi connectivity index (χ2v) is 22.0. The Hall–Kier alpha value is -4.19. The fraction of sp³-hybridized carbons (Fsp3) is 0.689. The number of allylic oxidation sites excluding steroid dienone is 20. The van der Waals surface area contributed by atoms with E-state index in [1.165, 1.54) is 148 Å². The highest BCUT2D eigenvalue weighted by Gasteiger charge is 2.19. The molecule has 0 radical (unpaired) electrons. The van der Waals surface area contributed by atoms with E-state index in [-0.39, 0.29) is 37.5 Å². The van der Waals surface area contributed by atoms with Crippen molar-refractivity contribution in [3.05, 3.63) is 122 Å². The zero-order valence-corrected chi connectivity index (χ0v) is 52.3. The van der Waals surface area contributed by atoms with Gasteiger partial charge < -0.3 is 14.2 Å². The highest BCUT2D eigenvalue weighted by molar-refractivity contribution is 5.71. The first-order valence-corrected chi connectivity index (χ1v) is 33.5. The number of rotatable bonds is 60. The van der Waals surface area contributed by atoms with Crippen molar-refractivity contribution in [2.45, 2.75) is 316 Å². The predicted octanol–water partition coefficient (Wildman–Crippen LogP) is 23.2. The molecule has 6 nitrogen and oxygen atoms in total. The first-order valence-electron chi connectivity index (χ1n) is 33.5. The molecular weight excluding hydrogens is 985 g/mol.